The van der Waals surface area contributed by atoms with E-state index in [1.165, 1.54) is 0 Å². The second-order valence-corrected chi connectivity index (χ2v) is 7.06. The molecule has 116 valence electrons. The van der Waals surface area contributed by atoms with E-state index < -0.39 is 10.0 Å². The molecule has 1 heterocycles. The van der Waals surface area contributed by atoms with Crippen molar-refractivity contribution < 1.29 is 13.2 Å². The first-order chi connectivity index (χ1) is 10.5. The first-order valence-electron chi connectivity index (χ1n) is 7.03. The topological polar surface area (TPSA) is 58.6 Å². The zero-order valence-corrected chi connectivity index (χ0v) is 13.4. The smallest absolute Gasteiger partial charge is 0.261 e. The molecule has 0 spiro atoms. The molecule has 0 aliphatic carbocycles. The lowest BCUT2D eigenvalue weighted by Gasteiger charge is -2.28. The Balaban J connectivity index is 1.94. The van der Waals surface area contributed by atoms with Gasteiger partial charge in [0.15, 0.2) is 0 Å². The Kier molecular flexibility index (Phi) is 3.70. The van der Waals surface area contributed by atoms with Crippen LogP contribution in [-0.4, -0.2) is 28.6 Å². The maximum absolute atomic E-state index is 12.5. The Bertz CT molecular complexity index is 803. The molecular weight excluding hydrogens is 300 g/mol. The average molecular weight is 318 g/mol. The Labute approximate surface area is 130 Å². The summed E-state index contributed by atoms with van der Waals surface area (Å²) in [6.45, 7) is 3.27. The molecule has 1 N–H and O–H groups in total. The molecule has 6 heteroatoms. The fourth-order valence-electron chi connectivity index (χ4n) is 2.42. The maximum Gasteiger partial charge on any atom is 0.261 e. The molecule has 2 aromatic carbocycles. The minimum atomic E-state index is -3.62. The highest BCUT2D eigenvalue weighted by Gasteiger charge is 2.20. The van der Waals surface area contributed by atoms with Crippen LogP contribution in [0, 0.1) is 6.92 Å². The summed E-state index contributed by atoms with van der Waals surface area (Å²) < 4.78 is 33.2. The van der Waals surface area contributed by atoms with Gasteiger partial charge >= 0.3 is 0 Å². The maximum atomic E-state index is 12.5. The van der Waals surface area contributed by atoms with E-state index in [1.807, 2.05) is 31.0 Å². The third-order valence-corrected chi connectivity index (χ3v) is 4.99. The molecule has 0 saturated carbocycles. The SMILES string of the molecule is Cc1cccc(NS(=O)(=O)c2ccc3c(c2)N(C)CCO3)c1. The summed E-state index contributed by atoms with van der Waals surface area (Å²) in [5.74, 6) is 0.711. The van der Waals surface area contributed by atoms with Crippen LogP contribution < -0.4 is 14.4 Å². The standard InChI is InChI=1S/C16H18N2O3S/c1-12-4-3-5-13(10-12)17-22(19,20)14-6-7-16-15(11-14)18(2)8-9-21-16/h3-7,10-11,17H,8-9H2,1-2H3. The molecule has 0 radical (unpaired) electrons. The number of benzene rings is 2. The van der Waals surface area contributed by atoms with Crippen molar-refractivity contribution in [1.82, 2.24) is 0 Å². The monoisotopic (exact) mass is 318 g/mol. The zero-order valence-electron chi connectivity index (χ0n) is 12.5. The Morgan fingerprint density at radius 3 is 2.77 bits per heavy atom. The number of likely N-dealkylation sites (N-methyl/N-ethyl adjacent to an activating group) is 1. The number of rotatable bonds is 3. The minimum Gasteiger partial charge on any atom is -0.490 e. The van der Waals surface area contributed by atoms with E-state index in [4.69, 9.17) is 4.74 Å². The number of anilines is 2. The van der Waals surface area contributed by atoms with Crippen molar-refractivity contribution in [2.45, 2.75) is 11.8 Å². The van der Waals surface area contributed by atoms with E-state index in [-0.39, 0.29) is 4.90 Å². The van der Waals surface area contributed by atoms with Crippen LogP contribution in [0.15, 0.2) is 47.4 Å². The van der Waals surface area contributed by atoms with Gasteiger partial charge in [0.05, 0.1) is 17.1 Å². The molecule has 1 aliphatic rings. The fourth-order valence-corrected chi connectivity index (χ4v) is 3.49. The van der Waals surface area contributed by atoms with E-state index in [2.05, 4.69) is 4.72 Å². The van der Waals surface area contributed by atoms with E-state index in [9.17, 15) is 8.42 Å². The third kappa shape index (κ3) is 2.87. The summed E-state index contributed by atoms with van der Waals surface area (Å²) >= 11 is 0. The summed E-state index contributed by atoms with van der Waals surface area (Å²) in [6.07, 6.45) is 0. The van der Waals surface area contributed by atoms with Crippen LogP contribution in [0.4, 0.5) is 11.4 Å². The average Bonchev–Trinajstić information content (AvgIpc) is 2.47. The lowest BCUT2D eigenvalue weighted by molar-refractivity contribution is 0.311. The van der Waals surface area contributed by atoms with Gasteiger partial charge in [-0.05, 0) is 42.8 Å². The molecule has 0 fully saturated rings. The molecule has 3 rings (SSSR count). The number of aryl methyl sites for hydroxylation is 1. The molecular formula is C16H18N2O3S. The fraction of sp³-hybridized carbons (Fsp3) is 0.250. The Morgan fingerprint density at radius 1 is 1.18 bits per heavy atom. The third-order valence-electron chi connectivity index (χ3n) is 3.61. The second kappa shape index (κ2) is 5.53. The van der Waals surface area contributed by atoms with Crippen molar-refractivity contribution in [3.63, 3.8) is 0 Å². The molecule has 0 atom stereocenters. The van der Waals surface area contributed by atoms with Gasteiger partial charge in [0.1, 0.15) is 12.4 Å². The first-order valence-corrected chi connectivity index (χ1v) is 8.51. The predicted molar refractivity (Wildman–Crippen MR) is 87.2 cm³/mol. The highest BCUT2D eigenvalue weighted by Crippen LogP contribution is 2.33. The van der Waals surface area contributed by atoms with E-state index in [0.29, 0.717) is 18.0 Å². The number of nitrogens with zero attached hydrogens (tertiary/aromatic N) is 1. The van der Waals surface area contributed by atoms with E-state index in [0.717, 1.165) is 17.8 Å². The lowest BCUT2D eigenvalue weighted by atomic mass is 10.2. The molecule has 0 unspecified atom stereocenters. The number of ether oxygens (including phenoxy) is 1. The van der Waals surface area contributed by atoms with Gasteiger partial charge in [-0.2, -0.15) is 0 Å². The number of hydrogen-bond donors (Lipinski definition) is 1. The van der Waals surface area contributed by atoms with Gasteiger partial charge in [-0.3, -0.25) is 4.72 Å². The minimum absolute atomic E-state index is 0.227. The molecule has 1 aliphatic heterocycles. The molecule has 5 nitrogen and oxygen atoms in total. The van der Waals surface area contributed by atoms with Crippen LogP contribution in [0.5, 0.6) is 5.75 Å². The van der Waals surface area contributed by atoms with Gasteiger partial charge in [0.25, 0.3) is 10.0 Å². The molecule has 0 aromatic heterocycles. The highest BCUT2D eigenvalue weighted by atomic mass is 32.2. The number of hydrogen-bond acceptors (Lipinski definition) is 4. The summed E-state index contributed by atoms with van der Waals surface area (Å²) in [4.78, 5) is 2.22. The second-order valence-electron chi connectivity index (χ2n) is 5.37. The Morgan fingerprint density at radius 2 is 2.00 bits per heavy atom. The van der Waals surface area contributed by atoms with Gasteiger partial charge in [-0.15, -0.1) is 0 Å². The van der Waals surface area contributed by atoms with Gasteiger partial charge in [-0.1, -0.05) is 12.1 Å². The van der Waals surface area contributed by atoms with Crippen LogP contribution in [-0.2, 0) is 10.0 Å². The normalized spacial score (nSPS) is 14.2. The summed E-state index contributed by atoms with van der Waals surface area (Å²) in [5, 5.41) is 0. The van der Waals surface area contributed by atoms with Crippen LogP contribution in [0.2, 0.25) is 0 Å². The zero-order chi connectivity index (χ0) is 15.7. The number of sulfonamides is 1. The number of fused-ring (bicyclic) bond motifs is 1. The van der Waals surface area contributed by atoms with Crippen molar-refractivity contribution in [2.75, 3.05) is 29.8 Å². The van der Waals surface area contributed by atoms with Crippen molar-refractivity contribution in [1.29, 1.82) is 0 Å². The van der Waals surface area contributed by atoms with Crippen molar-refractivity contribution >= 4 is 21.4 Å². The molecule has 2 aromatic rings. The lowest BCUT2D eigenvalue weighted by Crippen LogP contribution is -2.29. The van der Waals surface area contributed by atoms with Crippen LogP contribution >= 0.6 is 0 Å². The predicted octanol–water partition coefficient (Wildman–Crippen LogP) is 2.62. The van der Waals surface area contributed by atoms with Crippen LogP contribution in [0.3, 0.4) is 0 Å². The molecule has 0 saturated heterocycles. The van der Waals surface area contributed by atoms with Crippen molar-refractivity contribution in [3.05, 3.63) is 48.0 Å². The van der Waals surface area contributed by atoms with Gasteiger partial charge in [0, 0.05) is 12.7 Å². The first kappa shape index (κ1) is 14.7. The summed E-state index contributed by atoms with van der Waals surface area (Å²) in [6, 6.07) is 12.2. The summed E-state index contributed by atoms with van der Waals surface area (Å²) in [5.41, 5.74) is 2.35. The van der Waals surface area contributed by atoms with Gasteiger partial charge in [0.2, 0.25) is 0 Å². The largest absolute Gasteiger partial charge is 0.490 e. The quantitative estimate of drug-likeness (QED) is 0.945. The van der Waals surface area contributed by atoms with Crippen LogP contribution in [0.1, 0.15) is 5.56 Å². The van der Waals surface area contributed by atoms with Crippen molar-refractivity contribution in [3.8, 4) is 5.75 Å². The van der Waals surface area contributed by atoms with E-state index >= 15 is 0 Å². The molecule has 22 heavy (non-hydrogen) atoms. The molecule has 0 amide bonds. The summed E-state index contributed by atoms with van der Waals surface area (Å²) in [7, 11) is -1.70. The Hall–Kier alpha value is -2.21. The van der Waals surface area contributed by atoms with Crippen LogP contribution in [0.25, 0.3) is 0 Å². The molecule has 0 bridgehead atoms. The van der Waals surface area contributed by atoms with Crippen molar-refractivity contribution in [2.24, 2.45) is 0 Å². The van der Waals surface area contributed by atoms with E-state index in [1.54, 1.807) is 30.3 Å². The van der Waals surface area contributed by atoms with Gasteiger partial charge < -0.3 is 9.64 Å². The number of nitrogens with one attached hydrogen (secondary N) is 1. The highest BCUT2D eigenvalue weighted by molar-refractivity contribution is 7.92. The van der Waals surface area contributed by atoms with Gasteiger partial charge in [-0.25, -0.2) is 8.42 Å².